The van der Waals surface area contributed by atoms with Crippen molar-refractivity contribution in [2.45, 2.75) is 20.8 Å². The van der Waals surface area contributed by atoms with Gasteiger partial charge in [0.2, 0.25) is 5.43 Å². The second-order valence-electron chi connectivity index (χ2n) is 6.37. The standard InChI is InChI=1S/C21H22N2O3/c1-5-26-15-8-9-19-16(11-15)20(24)17(12-23(19)4)21(25)22-18-10-13(2)6-7-14(18)3/h6-12H,5H2,1-4H3,(H,22,25). The number of aryl methyl sites for hydroxylation is 3. The minimum Gasteiger partial charge on any atom is -0.494 e. The van der Waals surface area contributed by atoms with Crippen LogP contribution >= 0.6 is 0 Å². The molecule has 2 aromatic carbocycles. The summed E-state index contributed by atoms with van der Waals surface area (Å²) < 4.78 is 7.27. The fourth-order valence-electron chi connectivity index (χ4n) is 2.95. The number of carbonyl (C=O) groups excluding carboxylic acids is 1. The highest BCUT2D eigenvalue weighted by molar-refractivity contribution is 6.06. The minimum atomic E-state index is -0.414. The van der Waals surface area contributed by atoms with Gasteiger partial charge in [0.1, 0.15) is 11.3 Å². The van der Waals surface area contributed by atoms with Crippen LogP contribution in [0, 0.1) is 13.8 Å². The Labute approximate surface area is 152 Å². The van der Waals surface area contributed by atoms with Crippen LogP contribution in [0.1, 0.15) is 28.4 Å². The van der Waals surface area contributed by atoms with E-state index < -0.39 is 5.91 Å². The van der Waals surface area contributed by atoms with Crippen molar-refractivity contribution >= 4 is 22.5 Å². The lowest BCUT2D eigenvalue weighted by atomic mass is 10.1. The zero-order valence-corrected chi connectivity index (χ0v) is 15.4. The monoisotopic (exact) mass is 350 g/mol. The Morgan fingerprint density at radius 1 is 1.15 bits per heavy atom. The van der Waals surface area contributed by atoms with Crippen LogP contribution in [0.3, 0.4) is 0 Å². The molecule has 1 N–H and O–H groups in total. The van der Waals surface area contributed by atoms with Crippen LogP contribution in [0.5, 0.6) is 5.75 Å². The third kappa shape index (κ3) is 3.33. The number of amides is 1. The lowest BCUT2D eigenvalue weighted by Crippen LogP contribution is -2.23. The average molecular weight is 350 g/mol. The molecule has 0 bridgehead atoms. The molecule has 0 aliphatic rings. The molecule has 0 atom stereocenters. The summed E-state index contributed by atoms with van der Waals surface area (Å²) >= 11 is 0. The van der Waals surface area contributed by atoms with E-state index in [1.807, 2.05) is 58.2 Å². The van der Waals surface area contributed by atoms with Gasteiger partial charge in [0.25, 0.3) is 5.91 Å². The maximum atomic E-state index is 12.9. The SMILES string of the molecule is CCOc1ccc2c(c1)c(=O)c(C(=O)Nc1cc(C)ccc1C)cn2C. The Kier molecular flexibility index (Phi) is 4.80. The van der Waals surface area contributed by atoms with Gasteiger partial charge in [-0.05, 0) is 56.2 Å². The fourth-order valence-corrected chi connectivity index (χ4v) is 2.95. The number of rotatable bonds is 4. The van der Waals surface area contributed by atoms with Gasteiger partial charge in [0.15, 0.2) is 0 Å². The maximum absolute atomic E-state index is 12.9. The number of nitrogens with one attached hydrogen (secondary N) is 1. The normalized spacial score (nSPS) is 10.8. The van der Waals surface area contributed by atoms with Crippen molar-refractivity contribution < 1.29 is 9.53 Å². The van der Waals surface area contributed by atoms with Gasteiger partial charge in [-0.3, -0.25) is 9.59 Å². The Morgan fingerprint density at radius 3 is 2.65 bits per heavy atom. The number of hydrogen-bond donors (Lipinski definition) is 1. The molecule has 134 valence electrons. The van der Waals surface area contributed by atoms with Gasteiger partial charge >= 0.3 is 0 Å². The molecule has 26 heavy (non-hydrogen) atoms. The first-order valence-electron chi connectivity index (χ1n) is 8.55. The van der Waals surface area contributed by atoms with E-state index in [1.54, 1.807) is 16.8 Å². The number of hydrogen-bond acceptors (Lipinski definition) is 3. The van der Waals surface area contributed by atoms with E-state index in [0.717, 1.165) is 16.6 Å². The number of pyridine rings is 1. The van der Waals surface area contributed by atoms with E-state index in [2.05, 4.69) is 5.32 Å². The van der Waals surface area contributed by atoms with Crippen LogP contribution in [0.4, 0.5) is 5.69 Å². The van der Waals surface area contributed by atoms with Gasteiger partial charge in [0.05, 0.1) is 17.5 Å². The lowest BCUT2D eigenvalue weighted by Gasteiger charge is -2.12. The molecule has 0 saturated carbocycles. The largest absolute Gasteiger partial charge is 0.494 e. The molecular weight excluding hydrogens is 328 g/mol. The molecule has 0 aliphatic heterocycles. The molecule has 3 rings (SSSR count). The van der Waals surface area contributed by atoms with Gasteiger partial charge < -0.3 is 14.6 Å². The summed E-state index contributed by atoms with van der Waals surface area (Å²) in [5.41, 5.74) is 3.25. The van der Waals surface area contributed by atoms with Crippen molar-refractivity contribution in [3.63, 3.8) is 0 Å². The molecule has 5 nitrogen and oxygen atoms in total. The van der Waals surface area contributed by atoms with Gasteiger partial charge in [-0.2, -0.15) is 0 Å². The first-order chi connectivity index (χ1) is 12.4. The number of benzene rings is 2. The van der Waals surface area contributed by atoms with Crippen LogP contribution in [0.25, 0.3) is 10.9 Å². The predicted molar refractivity (Wildman–Crippen MR) is 104 cm³/mol. The first-order valence-corrected chi connectivity index (χ1v) is 8.55. The molecule has 1 aromatic heterocycles. The maximum Gasteiger partial charge on any atom is 0.261 e. The number of anilines is 1. The predicted octanol–water partition coefficient (Wildman–Crippen LogP) is 3.81. The minimum absolute atomic E-state index is 0.106. The molecule has 0 aliphatic carbocycles. The molecule has 0 radical (unpaired) electrons. The highest BCUT2D eigenvalue weighted by Gasteiger charge is 2.16. The van der Waals surface area contributed by atoms with Crippen molar-refractivity contribution in [1.29, 1.82) is 0 Å². The van der Waals surface area contributed by atoms with E-state index in [-0.39, 0.29) is 11.0 Å². The number of ether oxygens (including phenoxy) is 1. The van der Waals surface area contributed by atoms with E-state index in [9.17, 15) is 9.59 Å². The molecule has 0 fully saturated rings. The summed E-state index contributed by atoms with van der Waals surface area (Å²) in [5, 5.41) is 3.32. The Morgan fingerprint density at radius 2 is 1.92 bits per heavy atom. The van der Waals surface area contributed by atoms with Crippen molar-refractivity contribution in [3.05, 3.63) is 69.5 Å². The van der Waals surface area contributed by atoms with Crippen molar-refractivity contribution in [2.24, 2.45) is 7.05 Å². The Hall–Kier alpha value is -3.08. The Bertz CT molecular complexity index is 1050. The summed E-state index contributed by atoms with van der Waals surface area (Å²) in [5.74, 6) is 0.201. The van der Waals surface area contributed by atoms with Gasteiger partial charge in [-0.25, -0.2) is 0 Å². The number of carbonyl (C=O) groups is 1. The summed E-state index contributed by atoms with van der Waals surface area (Å²) in [6, 6.07) is 11.2. The molecule has 5 heteroatoms. The van der Waals surface area contributed by atoms with Crippen LogP contribution in [0.15, 0.2) is 47.4 Å². The zero-order valence-electron chi connectivity index (χ0n) is 15.4. The third-order valence-corrected chi connectivity index (χ3v) is 4.36. The second-order valence-corrected chi connectivity index (χ2v) is 6.37. The second kappa shape index (κ2) is 7.04. The summed E-state index contributed by atoms with van der Waals surface area (Å²) in [4.78, 5) is 25.6. The topological polar surface area (TPSA) is 60.3 Å². The third-order valence-electron chi connectivity index (χ3n) is 4.36. The average Bonchev–Trinajstić information content (AvgIpc) is 2.61. The Balaban J connectivity index is 2.06. The molecule has 1 amide bonds. The van der Waals surface area contributed by atoms with Crippen LogP contribution < -0.4 is 15.5 Å². The van der Waals surface area contributed by atoms with E-state index in [0.29, 0.717) is 23.4 Å². The molecule has 0 spiro atoms. The molecule has 0 saturated heterocycles. The molecular formula is C21H22N2O3. The molecule has 0 unspecified atom stereocenters. The van der Waals surface area contributed by atoms with Gasteiger partial charge in [-0.15, -0.1) is 0 Å². The van der Waals surface area contributed by atoms with E-state index in [4.69, 9.17) is 4.74 Å². The molecule has 1 heterocycles. The van der Waals surface area contributed by atoms with Gasteiger partial charge in [0, 0.05) is 18.9 Å². The van der Waals surface area contributed by atoms with Crippen molar-refractivity contribution in [1.82, 2.24) is 4.57 Å². The summed E-state index contributed by atoms with van der Waals surface area (Å²) in [6.45, 7) is 6.27. The smallest absolute Gasteiger partial charge is 0.261 e. The first kappa shape index (κ1) is 17.7. The quantitative estimate of drug-likeness (QED) is 0.778. The highest BCUT2D eigenvalue weighted by atomic mass is 16.5. The summed E-state index contributed by atoms with van der Waals surface area (Å²) in [7, 11) is 1.82. The van der Waals surface area contributed by atoms with Crippen LogP contribution in [-0.4, -0.2) is 17.1 Å². The van der Waals surface area contributed by atoms with E-state index in [1.165, 1.54) is 0 Å². The number of aromatic nitrogens is 1. The number of fused-ring (bicyclic) bond motifs is 1. The zero-order chi connectivity index (χ0) is 18.8. The van der Waals surface area contributed by atoms with E-state index >= 15 is 0 Å². The fraction of sp³-hybridized carbons (Fsp3) is 0.238. The van der Waals surface area contributed by atoms with Crippen molar-refractivity contribution in [2.75, 3.05) is 11.9 Å². The summed E-state index contributed by atoms with van der Waals surface area (Å²) in [6.07, 6.45) is 1.57. The lowest BCUT2D eigenvalue weighted by molar-refractivity contribution is 0.102. The highest BCUT2D eigenvalue weighted by Crippen LogP contribution is 2.20. The van der Waals surface area contributed by atoms with Crippen LogP contribution in [0.2, 0.25) is 0 Å². The number of nitrogens with zero attached hydrogens (tertiary/aromatic N) is 1. The van der Waals surface area contributed by atoms with Gasteiger partial charge in [-0.1, -0.05) is 12.1 Å². The van der Waals surface area contributed by atoms with Crippen LogP contribution in [-0.2, 0) is 7.05 Å². The molecule has 3 aromatic rings. The van der Waals surface area contributed by atoms with Crippen molar-refractivity contribution in [3.8, 4) is 5.75 Å².